The lowest BCUT2D eigenvalue weighted by atomic mass is 10.1. The molecular formula is C11H7N2O4-. The predicted octanol–water partition coefficient (Wildman–Crippen LogP) is 0.0187. The van der Waals surface area contributed by atoms with Gasteiger partial charge in [-0.2, -0.15) is 0 Å². The predicted molar refractivity (Wildman–Crippen MR) is 56.6 cm³/mol. The van der Waals surface area contributed by atoms with Crippen LogP contribution in [0.25, 0.3) is 0 Å². The Bertz CT molecular complexity index is 489. The number of benzene rings is 1. The van der Waals surface area contributed by atoms with Crippen LogP contribution in [0, 0.1) is 0 Å². The molecule has 3 amide bonds. The molecule has 0 atom stereocenters. The minimum atomic E-state index is -0.300. The highest BCUT2D eigenvalue weighted by molar-refractivity contribution is 6.21. The first-order valence-corrected chi connectivity index (χ1v) is 4.73. The van der Waals surface area contributed by atoms with Crippen LogP contribution in [-0.4, -0.2) is 30.7 Å². The third kappa shape index (κ3) is 2.36. The first-order chi connectivity index (χ1) is 8.18. The van der Waals surface area contributed by atoms with E-state index in [4.69, 9.17) is 0 Å². The van der Waals surface area contributed by atoms with Gasteiger partial charge in [-0.05, 0) is 12.1 Å². The highest BCUT2D eigenvalue weighted by Crippen LogP contribution is 2.13. The summed E-state index contributed by atoms with van der Waals surface area (Å²) in [4.78, 5) is 34.9. The first kappa shape index (κ1) is 11.0. The summed E-state index contributed by atoms with van der Waals surface area (Å²) in [6, 6.07) is 6.74. The Morgan fingerprint density at radius 1 is 1.12 bits per heavy atom. The number of aliphatic imine (C=N–C) groups is 1. The van der Waals surface area contributed by atoms with Gasteiger partial charge in [-0.15, -0.1) is 0 Å². The molecular weight excluding hydrogens is 224 g/mol. The van der Waals surface area contributed by atoms with Crippen molar-refractivity contribution in [2.75, 3.05) is 6.61 Å². The minimum Gasteiger partial charge on any atom is -0.581 e. The van der Waals surface area contributed by atoms with Gasteiger partial charge in [0.2, 0.25) is 0 Å². The molecule has 0 radical (unpaired) electrons. The van der Waals surface area contributed by atoms with Gasteiger partial charge in [0.05, 0.1) is 17.7 Å². The second-order valence-corrected chi connectivity index (χ2v) is 3.21. The summed E-state index contributed by atoms with van der Waals surface area (Å²) in [6.07, 6.45) is 2.05. The molecule has 0 aromatic heterocycles. The fourth-order valence-electron chi connectivity index (χ4n) is 1.33. The molecule has 0 unspecified atom stereocenters. The molecule has 0 bridgehead atoms. The van der Waals surface area contributed by atoms with Crippen LogP contribution in [0.5, 0.6) is 0 Å². The minimum absolute atomic E-state index is 0.0694. The second kappa shape index (κ2) is 4.56. The van der Waals surface area contributed by atoms with E-state index in [1.807, 2.05) is 6.40 Å². The van der Waals surface area contributed by atoms with Crippen LogP contribution in [0.15, 0.2) is 29.3 Å². The van der Waals surface area contributed by atoms with E-state index in [1.54, 1.807) is 24.3 Å². The maximum atomic E-state index is 10.9. The van der Waals surface area contributed by atoms with E-state index in [0.717, 1.165) is 0 Å². The summed E-state index contributed by atoms with van der Waals surface area (Å²) >= 11 is 0. The number of nitrogens with zero attached hydrogens (tertiary/aromatic N) is 1. The van der Waals surface area contributed by atoms with E-state index in [-0.39, 0.29) is 24.3 Å². The van der Waals surface area contributed by atoms with Gasteiger partial charge in [-0.1, -0.05) is 12.1 Å². The largest absolute Gasteiger partial charge is 0.581 e. The van der Waals surface area contributed by atoms with Crippen molar-refractivity contribution in [3.05, 3.63) is 35.4 Å². The standard InChI is InChI=1S/C8H5NO2.C3H2NO2/c10-7-5-3-1-2-4-6(5)8(11)9-7;5-3-1-6-2-4-3/h1-4H,(H,9,10,11);1H2/q;-1. The Labute approximate surface area is 96.3 Å². The Morgan fingerprint density at radius 3 is 2.06 bits per heavy atom. The Kier molecular flexibility index (Phi) is 2.95. The molecule has 0 saturated carbocycles. The summed E-state index contributed by atoms with van der Waals surface area (Å²) in [7, 11) is 0. The maximum absolute atomic E-state index is 10.9. The van der Waals surface area contributed by atoms with Crippen LogP contribution in [0.2, 0.25) is 0 Å². The molecule has 2 aliphatic heterocycles. The van der Waals surface area contributed by atoms with Crippen LogP contribution in [0.1, 0.15) is 20.7 Å². The highest BCUT2D eigenvalue weighted by atomic mass is 16.5. The zero-order chi connectivity index (χ0) is 12.3. The molecule has 0 fully saturated rings. The van der Waals surface area contributed by atoms with Crippen molar-refractivity contribution in [1.29, 1.82) is 0 Å². The summed E-state index contributed by atoms with van der Waals surface area (Å²) in [5.74, 6) is -0.855. The van der Waals surface area contributed by atoms with Crippen molar-refractivity contribution >= 4 is 24.1 Å². The molecule has 86 valence electrons. The SMILES string of the molecule is O=C1CO[C-]=N1.O=C1NC(=O)c2ccccc21. The lowest BCUT2D eigenvalue weighted by Gasteiger charge is -1.88. The third-order valence-corrected chi connectivity index (χ3v) is 2.07. The van der Waals surface area contributed by atoms with E-state index in [9.17, 15) is 14.4 Å². The molecule has 17 heavy (non-hydrogen) atoms. The molecule has 1 aromatic carbocycles. The van der Waals surface area contributed by atoms with E-state index < -0.39 is 0 Å². The van der Waals surface area contributed by atoms with Gasteiger partial charge in [-0.25, -0.2) is 0 Å². The number of hydrogen-bond acceptors (Lipinski definition) is 4. The highest BCUT2D eigenvalue weighted by Gasteiger charge is 2.25. The van der Waals surface area contributed by atoms with Gasteiger partial charge in [0.1, 0.15) is 5.91 Å². The molecule has 6 heteroatoms. The summed E-state index contributed by atoms with van der Waals surface area (Å²) in [5.41, 5.74) is 0.940. The fraction of sp³-hybridized carbons (Fsp3) is 0.0909. The molecule has 0 spiro atoms. The van der Waals surface area contributed by atoms with Crippen molar-refractivity contribution < 1.29 is 19.1 Å². The Hall–Kier alpha value is -2.50. The van der Waals surface area contributed by atoms with Crippen LogP contribution in [0.3, 0.4) is 0 Å². The number of hydrogen-bond donors (Lipinski definition) is 1. The van der Waals surface area contributed by atoms with Crippen LogP contribution < -0.4 is 5.32 Å². The second-order valence-electron chi connectivity index (χ2n) is 3.21. The van der Waals surface area contributed by atoms with Crippen LogP contribution in [0.4, 0.5) is 0 Å². The molecule has 3 rings (SSSR count). The number of rotatable bonds is 0. The van der Waals surface area contributed by atoms with E-state index in [2.05, 4.69) is 15.0 Å². The Balaban J connectivity index is 0.000000153. The first-order valence-electron chi connectivity index (χ1n) is 4.73. The van der Waals surface area contributed by atoms with E-state index in [1.165, 1.54) is 0 Å². The Morgan fingerprint density at radius 2 is 1.71 bits per heavy atom. The number of amides is 3. The van der Waals surface area contributed by atoms with Crippen LogP contribution >= 0.6 is 0 Å². The monoisotopic (exact) mass is 231 g/mol. The number of fused-ring (bicyclic) bond motifs is 1. The average Bonchev–Trinajstić information content (AvgIpc) is 2.90. The molecule has 1 N–H and O–H groups in total. The fourth-order valence-corrected chi connectivity index (χ4v) is 1.33. The molecule has 6 nitrogen and oxygen atoms in total. The normalized spacial score (nSPS) is 15.9. The number of nitrogens with one attached hydrogen (secondary N) is 1. The van der Waals surface area contributed by atoms with E-state index >= 15 is 0 Å². The van der Waals surface area contributed by atoms with Crippen molar-refractivity contribution in [1.82, 2.24) is 5.32 Å². The maximum Gasteiger partial charge on any atom is 0.258 e. The number of imide groups is 1. The summed E-state index contributed by atoms with van der Waals surface area (Å²) in [5, 5.41) is 2.20. The van der Waals surface area contributed by atoms with Crippen molar-refractivity contribution in [3.63, 3.8) is 0 Å². The zero-order valence-electron chi connectivity index (χ0n) is 8.60. The van der Waals surface area contributed by atoms with Crippen molar-refractivity contribution in [2.45, 2.75) is 0 Å². The number of ether oxygens (including phenoxy) is 1. The molecule has 1 aromatic rings. The number of carbonyl (C=O) groups is 3. The van der Waals surface area contributed by atoms with Crippen molar-refractivity contribution in [2.24, 2.45) is 4.99 Å². The molecule has 2 heterocycles. The van der Waals surface area contributed by atoms with Gasteiger partial charge in [0.25, 0.3) is 11.8 Å². The summed E-state index contributed by atoms with van der Waals surface area (Å²) in [6.45, 7) is 0.0694. The number of carbonyl (C=O) groups excluding carboxylic acids is 3. The summed E-state index contributed by atoms with van der Waals surface area (Å²) < 4.78 is 4.29. The quantitative estimate of drug-likeness (QED) is 0.503. The van der Waals surface area contributed by atoms with E-state index in [0.29, 0.717) is 11.1 Å². The average molecular weight is 231 g/mol. The van der Waals surface area contributed by atoms with Crippen molar-refractivity contribution in [3.8, 4) is 0 Å². The van der Waals surface area contributed by atoms with Gasteiger partial charge < -0.3 is 14.5 Å². The zero-order valence-corrected chi connectivity index (χ0v) is 8.60. The van der Waals surface area contributed by atoms with Gasteiger partial charge in [0.15, 0.2) is 0 Å². The lowest BCUT2D eigenvalue weighted by molar-refractivity contribution is -0.118. The third-order valence-electron chi connectivity index (χ3n) is 2.07. The lowest BCUT2D eigenvalue weighted by Crippen LogP contribution is -2.19. The van der Waals surface area contributed by atoms with Gasteiger partial charge >= 0.3 is 0 Å². The molecule has 0 saturated heterocycles. The molecule has 2 aliphatic rings. The molecule has 0 aliphatic carbocycles. The topological polar surface area (TPSA) is 84.8 Å². The van der Waals surface area contributed by atoms with Crippen LogP contribution in [-0.2, 0) is 9.53 Å². The van der Waals surface area contributed by atoms with Gasteiger partial charge in [-0.3, -0.25) is 14.9 Å². The smallest absolute Gasteiger partial charge is 0.258 e. The van der Waals surface area contributed by atoms with Gasteiger partial charge in [0, 0.05) is 6.40 Å².